The molecule has 0 spiro atoms. The molecule has 0 saturated heterocycles. The van der Waals surface area contributed by atoms with Crippen LogP contribution < -0.4 is 11.3 Å². The van der Waals surface area contributed by atoms with E-state index in [9.17, 15) is 18.0 Å². The van der Waals surface area contributed by atoms with Gasteiger partial charge in [0.2, 0.25) is 0 Å². The highest BCUT2D eigenvalue weighted by molar-refractivity contribution is 5.88. The van der Waals surface area contributed by atoms with Crippen LogP contribution >= 0.6 is 0 Å². The number of aromatic nitrogens is 6. The summed E-state index contributed by atoms with van der Waals surface area (Å²) < 4.78 is 43.9. The Morgan fingerprint density at radius 1 is 0.971 bits per heavy atom. The molecule has 35 heavy (non-hydrogen) atoms. The largest absolute Gasteiger partial charge is 0.416 e. The van der Waals surface area contributed by atoms with Crippen LogP contribution in [0.25, 0.3) is 21.9 Å². The van der Waals surface area contributed by atoms with Gasteiger partial charge in [-0.05, 0) is 37.1 Å². The van der Waals surface area contributed by atoms with Crippen LogP contribution in [-0.4, -0.2) is 29.3 Å². The number of benzene rings is 2. The molecular formula is C24H20F3N7O. The molecule has 0 fully saturated rings. The van der Waals surface area contributed by atoms with Crippen LogP contribution in [0.1, 0.15) is 28.2 Å². The van der Waals surface area contributed by atoms with Crippen LogP contribution in [0.5, 0.6) is 0 Å². The number of fused-ring (bicyclic) bond motifs is 2. The average molecular weight is 479 g/mol. The summed E-state index contributed by atoms with van der Waals surface area (Å²) in [5.74, 6) is 0.504. The summed E-state index contributed by atoms with van der Waals surface area (Å²) in [6.45, 7) is 3.20. The first-order valence-electron chi connectivity index (χ1n) is 10.7. The normalized spacial score (nSPS) is 12.0. The van der Waals surface area contributed by atoms with E-state index in [-0.39, 0.29) is 30.3 Å². The fraction of sp³-hybridized carbons (Fsp3) is 0.208. The highest BCUT2D eigenvalue weighted by Gasteiger charge is 2.33. The molecule has 0 bridgehead atoms. The van der Waals surface area contributed by atoms with Gasteiger partial charge in [0.15, 0.2) is 5.65 Å². The molecule has 0 aliphatic heterocycles. The summed E-state index contributed by atoms with van der Waals surface area (Å²) in [7, 11) is 0. The van der Waals surface area contributed by atoms with Crippen LogP contribution in [0.3, 0.4) is 0 Å². The molecule has 0 aliphatic rings. The molecular weight excluding hydrogens is 459 g/mol. The van der Waals surface area contributed by atoms with Crippen molar-refractivity contribution in [1.82, 2.24) is 29.3 Å². The third-order valence-corrected chi connectivity index (χ3v) is 5.95. The Balaban J connectivity index is 1.73. The van der Waals surface area contributed by atoms with E-state index in [1.165, 1.54) is 33.8 Å². The number of hydrogen-bond donors (Lipinski definition) is 1. The van der Waals surface area contributed by atoms with E-state index in [0.717, 1.165) is 6.07 Å². The zero-order valence-electron chi connectivity index (χ0n) is 18.8. The number of nitrogens with zero attached hydrogens (tertiary/aromatic N) is 6. The monoisotopic (exact) mass is 479 g/mol. The van der Waals surface area contributed by atoms with Gasteiger partial charge in [0.05, 0.1) is 34.1 Å². The van der Waals surface area contributed by atoms with Gasteiger partial charge < -0.3 is 5.73 Å². The number of anilines is 1. The van der Waals surface area contributed by atoms with Crippen molar-refractivity contribution in [3.8, 4) is 0 Å². The summed E-state index contributed by atoms with van der Waals surface area (Å²) in [6.07, 6.45) is -3.26. The summed E-state index contributed by atoms with van der Waals surface area (Å²) in [5, 5.41) is 5.40. The van der Waals surface area contributed by atoms with Crippen molar-refractivity contribution in [3.63, 3.8) is 0 Å². The Kier molecular flexibility index (Phi) is 5.27. The standard InChI is InChI=1S/C24H20F3N7O/c1-13-6-5-9-17-19(13)23(35)33(10-15-7-3-4-8-16(15)24(25,26)27)18(31-17)11-34-22-20(14(2)32-34)21(28)29-12-30-22/h3-9,12H,10-11H2,1-2H3,(H2,28,29,30). The van der Waals surface area contributed by atoms with Crippen molar-refractivity contribution in [2.24, 2.45) is 0 Å². The second-order valence-electron chi connectivity index (χ2n) is 8.24. The highest BCUT2D eigenvalue weighted by atomic mass is 19.4. The van der Waals surface area contributed by atoms with Gasteiger partial charge in [0.25, 0.3) is 5.56 Å². The molecule has 0 atom stereocenters. The van der Waals surface area contributed by atoms with Crippen molar-refractivity contribution < 1.29 is 13.2 Å². The number of rotatable bonds is 4. The molecule has 0 radical (unpaired) electrons. The van der Waals surface area contributed by atoms with Crippen molar-refractivity contribution in [2.45, 2.75) is 33.1 Å². The maximum absolute atomic E-state index is 13.7. The lowest BCUT2D eigenvalue weighted by molar-refractivity contribution is -0.138. The Bertz CT molecular complexity index is 1650. The number of nitrogens with two attached hydrogens (primary N) is 1. The van der Waals surface area contributed by atoms with Gasteiger partial charge in [-0.3, -0.25) is 9.36 Å². The topological polar surface area (TPSA) is 105 Å². The van der Waals surface area contributed by atoms with Gasteiger partial charge in [0, 0.05) is 0 Å². The molecule has 2 N–H and O–H groups in total. The van der Waals surface area contributed by atoms with Gasteiger partial charge >= 0.3 is 6.18 Å². The fourth-order valence-electron chi connectivity index (χ4n) is 4.32. The second kappa shape index (κ2) is 8.19. The number of aryl methyl sites for hydroxylation is 2. The molecule has 178 valence electrons. The quantitative estimate of drug-likeness (QED) is 0.420. The van der Waals surface area contributed by atoms with E-state index in [2.05, 4.69) is 20.1 Å². The van der Waals surface area contributed by atoms with E-state index >= 15 is 0 Å². The number of halogens is 3. The summed E-state index contributed by atoms with van der Waals surface area (Å²) in [4.78, 5) is 26.5. The van der Waals surface area contributed by atoms with Gasteiger partial charge in [-0.15, -0.1) is 0 Å². The van der Waals surface area contributed by atoms with Crippen molar-refractivity contribution in [1.29, 1.82) is 0 Å². The molecule has 5 rings (SSSR count). The molecule has 0 aliphatic carbocycles. The smallest absolute Gasteiger partial charge is 0.383 e. The summed E-state index contributed by atoms with van der Waals surface area (Å²) in [5.41, 5.74) is 6.89. The second-order valence-corrected chi connectivity index (χ2v) is 8.24. The minimum atomic E-state index is -4.57. The third-order valence-electron chi connectivity index (χ3n) is 5.95. The predicted octanol–water partition coefficient (Wildman–Crippen LogP) is 3.85. The SMILES string of the molecule is Cc1nn(Cc2nc3cccc(C)c3c(=O)n2Cc2ccccc2C(F)(F)F)c2ncnc(N)c12. The molecule has 0 saturated carbocycles. The Morgan fingerprint density at radius 2 is 1.74 bits per heavy atom. The lowest BCUT2D eigenvalue weighted by atomic mass is 10.1. The fourth-order valence-corrected chi connectivity index (χ4v) is 4.32. The molecule has 11 heteroatoms. The van der Waals surface area contributed by atoms with E-state index in [0.29, 0.717) is 33.2 Å². The van der Waals surface area contributed by atoms with Crippen molar-refractivity contribution in [3.05, 3.63) is 87.4 Å². The first-order valence-corrected chi connectivity index (χ1v) is 10.7. The minimum absolute atomic E-state index is 0.00585. The van der Waals surface area contributed by atoms with Gasteiger partial charge in [-0.1, -0.05) is 30.3 Å². The third kappa shape index (κ3) is 3.88. The van der Waals surface area contributed by atoms with Crippen LogP contribution in [-0.2, 0) is 19.3 Å². The predicted molar refractivity (Wildman–Crippen MR) is 125 cm³/mol. The van der Waals surface area contributed by atoms with Gasteiger partial charge in [-0.2, -0.15) is 18.3 Å². The summed E-state index contributed by atoms with van der Waals surface area (Å²) >= 11 is 0. The average Bonchev–Trinajstić information content (AvgIpc) is 3.12. The van der Waals surface area contributed by atoms with Crippen LogP contribution in [0.4, 0.5) is 19.0 Å². The Hall–Kier alpha value is -4.28. The van der Waals surface area contributed by atoms with E-state index in [1.54, 1.807) is 32.0 Å². The number of alkyl halides is 3. The van der Waals surface area contributed by atoms with Crippen LogP contribution in [0.15, 0.2) is 53.6 Å². The first-order chi connectivity index (χ1) is 16.6. The van der Waals surface area contributed by atoms with E-state index in [1.807, 2.05) is 0 Å². The Labute approximate surface area is 196 Å². The molecule has 0 unspecified atom stereocenters. The van der Waals surface area contributed by atoms with Gasteiger partial charge in [-0.25, -0.2) is 19.6 Å². The van der Waals surface area contributed by atoms with Crippen molar-refractivity contribution in [2.75, 3.05) is 5.73 Å². The summed E-state index contributed by atoms with van der Waals surface area (Å²) in [6, 6.07) is 10.4. The van der Waals surface area contributed by atoms with E-state index < -0.39 is 17.3 Å². The van der Waals surface area contributed by atoms with Crippen LogP contribution in [0, 0.1) is 13.8 Å². The zero-order chi connectivity index (χ0) is 24.9. The lowest BCUT2D eigenvalue weighted by Crippen LogP contribution is -2.29. The highest BCUT2D eigenvalue weighted by Crippen LogP contribution is 2.32. The molecule has 5 aromatic rings. The number of hydrogen-bond acceptors (Lipinski definition) is 6. The van der Waals surface area contributed by atoms with Crippen LogP contribution in [0.2, 0.25) is 0 Å². The maximum Gasteiger partial charge on any atom is 0.416 e. The molecule has 3 aromatic heterocycles. The van der Waals surface area contributed by atoms with Crippen molar-refractivity contribution >= 4 is 27.8 Å². The maximum atomic E-state index is 13.7. The molecule has 8 nitrogen and oxygen atoms in total. The molecule has 3 heterocycles. The Morgan fingerprint density at radius 3 is 2.51 bits per heavy atom. The van der Waals surface area contributed by atoms with Gasteiger partial charge in [0.1, 0.15) is 24.5 Å². The van der Waals surface area contributed by atoms with E-state index in [4.69, 9.17) is 5.73 Å². The first kappa shape index (κ1) is 22.5. The lowest BCUT2D eigenvalue weighted by Gasteiger charge is -2.17. The number of nitrogen functional groups attached to an aromatic ring is 1. The molecule has 2 aromatic carbocycles. The zero-order valence-corrected chi connectivity index (χ0v) is 18.8. The minimum Gasteiger partial charge on any atom is -0.383 e. The molecule has 0 amide bonds.